The zero-order chi connectivity index (χ0) is 43.4. The number of carbonyl (C=O) groups excluding carboxylic acids is 7. The van der Waals surface area contributed by atoms with E-state index in [2.05, 4.69) is 37.2 Å². The van der Waals surface area contributed by atoms with Gasteiger partial charge in [-0.15, -0.1) is 11.6 Å². The molecule has 7 amide bonds. The summed E-state index contributed by atoms with van der Waals surface area (Å²) in [5.74, 6) is -5.85. The van der Waals surface area contributed by atoms with Crippen LogP contribution in [0.3, 0.4) is 0 Å². The summed E-state index contributed by atoms with van der Waals surface area (Å²) in [4.78, 5) is 102. The number of halogens is 1. The number of nitrogens with one attached hydrogen (secondary N) is 7. The number of alkyl halides is 1. The molecule has 10 N–H and O–H groups in total. The van der Waals surface area contributed by atoms with Gasteiger partial charge in [-0.05, 0) is 49.8 Å². The first-order valence-corrected chi connectivity index (χ1v) is 19.3. The third kappa shape index (κ3) is 18.0. The molecular weight excluding hydrogens is 772 g/mol. The van der Waals surface area contributed by atoms with E-state index >= 15 is 0 Å². The van der Waals surface area contributed by atoms with Crippen LogP contribution < -0.4 is 43.0 Å². The van der Waals surface area contributed by atoms with Crippen LogP contribution in [0, 0.1) is 5.92 Å². The van der Waals surface area contributed by atoms with Gasteiger partial charge >= 0.3 is 5.97 Å². The highest BCUT2D eigenvalue weighted by Gasteiger charge is 2.29. The van der Waals surface area contributed by atoms with Gasteiger partial charge in [0.25, 0.3) is 0 Å². The Labute approximate surface area is 343 Å². The Balaban J connectivity index is 2.10. The summed E-state index contributed by atoms with van der Waals surface area (Å²) in [6.45, 7) is 6.72. The van der Waals surface area contributed by atoms with Crippen molar-refractivity contribution < 1.29 is 43.5 Å². The number of nitrogens with two attached hydrogens (primary N) is 1. The molecule has 2 aromatic rings. The third-order valence-corrected chi connectivity index (χ3v) is 8.67. The molecule has 2 rings (SSSR count). The van der Waals surface area contributed by atoms with Crippen LogP contribution in [0.15, 0.2) is 60.7 Å². The highest BCUT2D eigenvalue weighted by atomic mass is 35.5. The van der Waals surface area contributed by atoms with Crippen LogP contribution in [0.25, 0.3) is 6.08 Å². The highest BCUT2D eigenvalue weighted by molar-refractivity contribution is 6.19. The fourth-order valence-corrected chi connectivity index (χ4v) is 5.39. The Morgan fingerprint density at radius 3 is 1.69 bits per heavy atom. The lowest BCUT2D eigenvalue weighted by Crippen LogP contribution is -2.57. The molecular formula is C40H55ClN8O9. The van der Waals surface area contributed by atoms with E-state index in [1.54, 1.807) is 60.7 Å². The fraction of sp³-hybridized carbons (Fsp3) is 0.450. The Morgan fingerprint density at radius 1 is 0.621 bits per heavy atom. The van der Waals surface area contributed by atoms with Gasteiger partial charge in [0.2, 0.25) is 41.4 Å². The summed E-state index contributed by atoms with van der Waals surface area (Å²) in [5.41, 5.74) is 7.74. The number of hydrogen-bond donors (Lipinski definition) is 9. The van der Waals surface area contributed by atoms with E-state index in [1.807, 2.05) is 19.9 Å². The zero-order valence-corrected chi connectivity index (χ0v) is 34.1. The molecule has 0 fully saturated rings. The Hall–Kier alpha value is -5.81. The molecule has 18 heteroatoms. The molecule has 0 bridgehead atoms. The minimum atomic E-state index is -1.22. The van der Waals surface area contributed by atoms with E-state index in [-0.39, 0.29) is 25.2 Å². The molecule has 6 atom stereocenters. The summed E-state index contributed by atoms with van der Waals surface area (Å²) in [7, 11) is 0. The lowest BCUT2D eigenvalue weighted by molar-refractivity contribution is -0.142. The Bertz CT molecular complexity index is 1760. The van der Waals surface area contributed by atoms with Crippen molar-refractivity contribution in [2.75, 3.05) is 19.0 Å². The van der Waals surface area contributed by atoms with E-state index in [4.69, 9.17) is 17.3 Å². The van der Waals surface area contributed by atoms with Crippen molar-refractivity contribution in [3.8, 4) is 0 Å². The maximum atomic E-state index is 13.4. The summed E-state index contributed by atoms with van der Waals surface area (Å²) in [6, 6.07) is 9.28. The van der Waals surface area contributed by atoms with Gasteiger partial charge in [-0.2, -0.15) is 0 Å². The molecule has 0 aliphatic carbocycles. The minimum absolute atomic E-state index is 0.00656. The first-order chi connectivity index (χ1) is 27.4. The van der Waals surface area contributed by atoms with Gasteiger partial charge < -0.3 is 48.1 Å². The van der Waals surface area contributed by atoms with E-state index in [0.29, 0.717) is 17.0 Å². The monoisotopic (exact) mass is 826 g/mol. The van der Waals surface area contributed by atoms with Gasteiger partial charge in [0.05, 0.1) is 19.1 Å². The fourth-order valence-electron chi connectivity index (χ4n) is 5.30. The van der Waals surface area contributed by atoms with Crippen LogP contribution in [-0.4, -0.2) is 108 Å². The molecule has 0 aromatic heterocycles. The molecule has 17 nitrogen and oxygen atoms in total. The summed E-state index contributed by atoms with van der Waals surface area (Å²) < 4.78 is 0. The number of carboxylic acids is 1. The van der Waals surface area contributed by atoms with Crippen LogP contribution in [0.2, 0.25) is 0 Å². The maximum absolute atomic E-state index is 13.4. The van der Waals surface area contributed by atoms with Crippen LogP contribution in [0.1, 0.15) is 57.7 Å². The summed E-state index contributed by atoms with van der Waals surface area (Å²) in [5, 5.41) is 27.0. The van der Waals surface area contributed by atoms with Crippen molar-refractivity contribution >= 4 is 65.0 Å². The largest absolute Gasteiger partial charge is 0.480 e. The topological polar surface area (TPSA) is 267 Å². The van der Waals surface area contributed by atoms with Gasteiger partial charge in [-0.25, -0.2) is 4.79 Å². The van der Waals surface area contributed by atoms with Crippen molar-refractivity contribution in [2.24, 2.45) is 11.7 Å². The zero-order valence-electron chi connectivity index (χ0n) is 33.3. The Morgan fingerprint density at radius 2 is 1.14 bits per heavy atom. The SMILES string of the molecule is CC(C)C[C@H](NC(=O)[C@H](Cc1ccccc1)NC(=O)CNC(=O)CNC(=O)[C@H](Cc1ccc(/C=C/CCl)cc1)NC(=O)[C@H](C)NC(=O)[C@H](C)NC(=O)[C@H](C)N)C(=O)O. The number of aliphatic carboxylic acids is 1. The molecule has 0 saturated heterocycles. The molecule has 58 heavy (non-hydrogen) atoms. The molecule has 0 spiro atoms. The molecule has 2 aromatic carbocycles. The molecule has 0 radical (unpaired) electrons. The first kappa shape index (κ1) is 48.3. The van der Waals surface area contributed by atoms with Gasteiger partial charge in [-0.3, -0.25) is 33.6 Å². The normalized spacial score (nSPS) is 14.1. The second-order valence-corrected chi connectivity index (χ2v) is 14.5. The summed E-state index contributed by atoms with van der Waals surface area (Å²) in [6.07, 6.45) is 3.77. The van der Waals surface area contributed by atoms with Crippen molar-refractivity contribution in [1.29, 1.82) is 0 Å². The van der Waals surface area contributed by atoms with Gasteiger partial charge in [0.1, 0.15) is 30.2 Å². The van der Waals surface area contributed by atoms with Gasteiger partial charge in [0, 0.05) is 18.7 Å². The molecule has 316 valence electrons. The number of rotatable bonds is 23. The van der Waals surface area contributed by atoms with Crippen molar-refractivity contribution in [3.63, 3.8) is 0 Å². The van der Waals surface area contributed by atoms with Crippen molar-refractivity contribution in [1.82, 2.24) is 37.2 Å². The van der Waals surface area contributed by atoms with Crippen LogP contribution in [0.4, 0.5) is 0 Å². The number of allylic oxidation sites excluding steroid dienone is 1. The number of carboxylic acid groups (broad SMARTS) is 1. The van der Waals surface area contributed by atoms with Crippen LogP contribution >= 0.6 is 11.6 Å². The maximum Gasteiger partial charge on any atom is 0.326 e. The number of amides is 7. The number of hydrogen-bond acceptors (Lipinski definition) is 9. The predicted octanol–water partition coefficient (Wildman–Crippen LogP) is -0.102. The standard InChI is InChI=1S/C40H55ClN8O9/c1-23(2)18-32(40(57)58)49-39(56)31(19-28-10-7-6-8-11-28)47-34(51)22-43-33(50)21-44-38(55)30(20-29-15-13-27(14-16-29)12-9-17-41)48-37(54)26(5)46-36(53)25(4)45-35(52)24(3)42/h6-16,23-26,30-32H,17-22,42H2,1-5H3,(H,43,50)(H,44,55)(H,45,52)(H,46,53)(H,47,51)(H,48,54)(H,49,56)(H,57,58)/b12-9+/t24-,25-,26-,30-,31-,32-/m0/s1. The lowest BCUT2D eigenvalue weighted by atomic mass is 10.0. The molecule has 0 aliphatic rings. The van der Waals surface area contributed by atoms with Crippen molar-refractivity contribution in [3.05, 3.63) is 77.4 Å². The lowest BCUT2D eigenvalue weighted by Gasteiger charge is -2.23. The van der Waals surface area contributed by atoms with E-state index in [0.717, 1.165) is 5.56 Å². The summed E-state index contributed by atoms with van der Waals surface area (Å²) >= 11 is 5.72. The average molecular weight is 827 g/mol. The second-order valence-electron chi connectivity index (χ2n) is 14.1. The highest BCUT2D eigenvalue weighted by Crippen LogP contribution is 2.11. The first-order valence-electron chi connectivity index (χ1n) is 18.8. The second kappa shape index (κ2) is 24.7. The third-order valence-electron chi connectivity index (χ3n) is 8.49. The number of benzene rings is 2. The van der Waals surface area contributed by atoms with E-state index in [9.17, 15) is 43.5 Å². The van der Waals surface area contributed by atoms with E-state index in [1.165, 1.54) is 20.8 Å². The van der Waals surface area contributed by atoms with Crippen LogP contribution in [-0.2, 0) is 51.2 Å². The molecule has 0 unspecified atom stereocenters. The predicted molar refractivity (Wildman–Crippen MR) is 218 cm³/mol. The minimum Gasteiger partial charge on any atom is -0.480 e. The smallest absolute Gasteiger partial charge is 0.326 e. The molecule has 0 heterocycles. The van der Waals surface area contributed by atoms with E-state index < -0.39 is 96.7 Å². The molecule has 0 saturated carbocycles. The number of carbonyl (C=O) groups is 8. The van der Waals surface area contributed by atoms with Gasteiger partial charge in [0.15, 0.2) is 0 Å². The van der Waals surface area contributed by atoms with Crippen molar-refractivity contribution in [2.45, 2.75) is 90.1 Å². The van der Waals surface area contributed by atoms with Crippen LogP contribution in [0.5, 0.6) is 0 Å². The quantitative estimate of drug-likeness (QED) is 0.0672. The molecule has 0 aliphatic heterocycles. The Kier molecular flexibility index (Phi) is 20.6. The van der Waals surface area contributed by atoms with Gasteiger partial charge in [-0.1, -0.05) is 80.6 Å². The average Bonchev–Trinajstić information content (AvgIpc) is 3.17.